The second-order valence-corrected chi connectivity index (χ2v) is 12.1. The Bertz CT molecular complexity index is 641. The molecule has 1 aromatic rings. The number of hydrogen-bond acceptors (Lipinski definition) is 1. The third kappa shape index (κ3) is 2.97. The van der Waals surface area contributed by atoms with Gasteiger partial charge in [0.15, 0.2) is 0 Å². The predicted molar refractivity (Wildman–Crippen MR) is 102 cm³/mol. The number of fused-ring (bicyclic) bond motifs is 1. The highest BCUT2D eigenvalue weighted by Crippen LogP contribution is 2.52. The van der Waals surface area contributed by atoms with Gasteiger partial charge in [0.25, 0.3) is 0 Å². The first-order valence-electron chi connectivity index (χ1n) is 8.75. The Morgan fingerprint density at radius 2 is 2.09 bits per heavy atom. The maximum absolute atomic E-state index is 5.99. The van der Waals surface area contributed by atoms with E-state index in [2.05, 4.69) is 69.1 Å². The third-order valence-electron chi connectivity index (χ3n) is 5.62. The summed E-state index contributed by atoms with van der Waals surface area (Å²) in [7, 11) is -1.67. The third-order valence-corrected chi connectivity index (χ3v) is 9.88. The zero-order valence-electron chi connectivity index (χ0n) is 14.6. The van der Waals surface area contributed by atoms with Gasteiger partial charge < -0.3 is 4.74 Å². The Labute approximate surface area is 141 Å². The van der Waals surface area contributed by atoms with Crippen molar-refractivity contribution < 1.29 is 4.74 Å². The Morgan fingerprint density at radius 1 is 1.30 bits per heavy atom. The minimum atomic E-state index is -1.67. The molecule has 0 saturated heterocycles. The van der Waals surface area contributed by atoms with E-state index in [0.29, 0.717) is 12.1 Å². The number of benzene rings is 1. The number of allylic oxidation sites excluding steroid dienone is 4. The average Bonchev–Trinajstić information content (AvgIpc) is 2.89. The summed E-state index contributed by atoms with van der Waals surface area (Å²) in [4.78, 5) is 0. The first kappa shape index (κ1) is 16.3. The van der Waals surface area contributed by atoms with E-state index in [0.717, 1.165) is 17.6 Å². The summed E-state index contributed by atoms with van der Waals surface area (Å²) in [5.74, 6) is 2.60. The molecule has 1 aromatic carbocycles. The molecule has 0 spiro atoms. The standard InChI is InChI=1S/C21H28OSi/c1-5-14-22-19-12-8-9-13-20(19)23(3,4)21-16(2)15-17-10-6-7-11-18(17)21/h5-9,11-13,16-17,21H,1,10,14-15H2,2-4H3. The molecule has 1 saturated carbocycles. The molecule has 122 valence electrons. The number of ether oxygens (including phenoxy) is 1. The minimum absolute atomic E-state index is 0.579. The lowest BCUT2D eigenvalue weighted by Crippen LogP contribution is -2.48. The van der Waals surface area contributed by atoms with Gasteiger partial charge in [-0.25, -0.2) is 0 Å². The Hall–Kier alpha value is -1.54. The molecular formula is C21H28OSi. The second-order valence-electron chi connectivity index (χ2n) is 7.54. The van der Waals surface area contributed by atoms with Crippen LogP contribution in [0.3, 0.4) is 0 Å². The summed E-state index contributed by atoms with van der Waals surface area (Å²) in [6.07, 6.45) is 11.4. The normalized spacial score (nSPS) is 26.6. The van der Waals surface area contributed by atoms with Gasteiger partial charge in [-0.2, -0.15) is 0 Å². The largest absolute Gasteiger partial charge is 0.490 e. The van der Waals surface area contributed by atoms with E-state index < -0.39 is 8.07 Å². The molecule has 0 bridgehead atoms. The molecule has 1 nitrogen and oxygen atoms in total. The lowest BCUT2D eigenvalue weighted by molar-refractivity contribution is 0.366. The topological polar surface area (TPSA) is 9.23 Å². The zero-order chi connectivity index (χ0) is 16.4. The van der Waals surface area contributed by atoms with Crippen molar-refractivity contribution in [2.75, 3.05) is 6.61 Å². The van der Waals surface area contributed by atoms with Gasteiger partial charge in [0, 0.05) is 0 Å². The van der Waals surface area contributed by atoms with E-state index in [9.17, 15) is 0 Å². The highest BCUT2D eigenvalue weighted by atomic mass is 28.3. The van der Waals surface area contributed by atoms with Crippen LogP contribution < -0.4 is 9.92 Å². The maximum Gasteiger partial charge on any atom is 0.119 e. The molecule has 0 heterocycles. The maximum atomic E-state index is 5.99. The molecular weight excluding hydrogens is 296 g/mol. The molecule has 3 rings (SSSR count). The van der Waals surface area contributed by atoms with E-state index >= 15 is 0 Å². The van der Waals surface area contributed by atoms with Crippen LogP contribution in [0.15, 0.2) is 60.7 Å². The molecule has 0 radical (unpaired) electrons. The van der Waals surface area contributed by atoms with Crippen LogP contribution in [0.25, 0.3) is 0 Å². The molecule has 0 aromatic heterocycles. The minimum Gasteiger partial charge on any atom is -0.490 e. The molecule has 23 heavy (non-hydrogen) atoms. The predicted octanol–water partition coefficient (Wildman–Crippen LogP) is 5.08. The van der Waals surface area contributed by atoms with Crippen LogP contribution in [-0.2, 0) is 0 Å². The van der Waals surface area contributed by atoms with E-state index in [4.69, 9.17) is 4.74 Å². The monoisotopic (exact) mass is 324 g/mol. The van der Waals surface area contributed by atoms with Crippen LogP contribution in [0.4, 0.5) is 0 Å². The van der Waals surface area contributed by atoms with E-state index in [1.165, 1.54) is 18.0 Å². The molecule has 0 aliphatic heterocycles. The smallest absolute Gasteiger partial charge is 0.119 e. The van der Waals surface area contributed by atoms with Gasteiger partial charge in [-0.15, -0.1) is 0 Å². The summed E-state index contributed by atoms with van der Waals surface area (Å²) in [6.45, 7) is 11.8. The van der Waals surface area contributed by atoms with Gasteiger partial charge in [-0.3, -0.25) is 0 Å². The van der Waals surface area contributed by atoms with Crippen molar-refractivity contribution in [1.82, 2.24) is 0 Å². The van der Waals surface area contributed by atoms with E-state index in [1.807, 2.05) is 6.08 Å². The van der Waals surface area contributed by atoms with Crippen LogP contribution in [0, 0.1) is 11.8 Å². The Kier molecular flexibility index (Phi) is 4.63. The van der Waals surface area contributed by atoms with Crippen molar-refractivity contribution in [1.29, 1.82) is 0 Å². The molecule has 2 heteroatoms. The number of hydrogen-bond donors (Lipinski definition) is 0. The fourth-order valence-electron chi connectivity index (χ4n) is 4.77. The van der Waals surface area contributed by atoms with Gasteiger partial charge in [0.1, 0.15) is 12.4 Å². The van der Waals surface area contributed by atoms with Gasteiger partial charge in [-0.05, 0) is 41.5 Å². The molecule has 3 unspecified atom stereocenters. The Morgan fingerprint density at radius 3 is 2.87 bits per heavy atom. The summed E-state index contributed by atoms with van der Waals surface area (Å²) < 4.78 is 5.99. The highest BCUT2D eigenvalue weighted by Gasteiger charge is 2.47. The molecule has 3 atom stereocenters. The van der Waals surface area contributed by atoms with Crippen molar-refractivity contribution in [3.8, 4) is 5.75 Å². The van der Waals surface area contributed by atoms with Crippen molar-refractivity contribution in [2.24, 2.45) is 11.8 Å². The summed E-state index contributed by atoms with van der Waals surface area (Å²) >= 11 is 0. The zero-order valence-corrected chi connectivity index (χ0v) is 15.6. The van der Waals surface area contributed by atoms with Gasteiger partial charge in [0.2, 0.25) is 0 Å². The SMILES string of the molecule is C=CCOc1ccccc1[Si](C)(C)C1C2=CC=CCC2CC1C. The summed E-state index contributed by atoms with van der Waals surface area (Å²) in [5, 5.41) is 1.45. The fraction of sp³-hybridized carbons (Fsp3) is 0.429. The van der Waals surface area contributed by atoms with Crippen LogP contribution >= 0.6 is 0 Å². The van der Waals surface area contributed by atoms with Crippen molar-refractivity contribution in [2.45, 2.75) is 38.4 Å². The number of rotatable bonds is 5. The average molecular weight is 325 g/mol. The Balaban J connectivity index is 1.99. The fourth-order valence-corrected chi connectivity index (χ4v) is 9.14. The van der Waals surface area contributed by atoms with Crippen LogP contribution in [0.1, 0.15) is 19.8 Å². The molecule has 2 aliphatic carbocycles. The quantitative estimate of drug-likeness (QED) is 0.542. The van der Waals surface area contributed by atoms with Gasteiger partial charge >= 0.3 is 0 Å². The highest BCUT2D eigenvalue weighted by molar-refractivity contribution is 6.92. The lowest BCUT2D eigenvalue weighted by Gasteiger charge is -2.36. The molecule has 0 amide bonds. The molecule has 1 fully saturated rings. The molecule has 2 aliphatic rings. The van der Waals surface area contributed by atoms with Crippen LogP contribution in [0.5, 0.6) is 5.75 Å². The van der Waals surface area contributed by atoms with E-state index in [-0.39, 0.29) is 0 Å². The summed E-state index contributed by atoms with van der Waals surface area (Å²) in [5.41, 5.74) is 2.42. The van der Waals surface area contributed by atoms with Gasteiger partial charge in [0.05, 0.1) is 8.07 Å². The van der Waals surface area contributed by atoms with Crippen LogP contribution in [-0.4, -0.2) is 14.7 Å². The van der Waals surface area contributed by atoms with Crippen molar-refractivity contribution in [3.05, 3.63) is 60.7 Å². The first-order chi connectivity index (χ1) is 11.1. The van der Waals surface area contributed by atoms with Crippen molar-refractivity contribution >= 4 is 13.3 Å². The number of para-hydroxylation sites is 1. The van der Waals surface area contributed by atoms with Gasteiger partial charge in [-0.1, -0.05) is 74.7 Å². The summed E-state index contributed by atoms with van der Waals surface area (Å²) in [6, 6.07) is 8.66. The van der Waals surface area contributed by atoms with Crippen LogP contribution in [0.2, 0.25) is 18.6 Å². The first-order valence-corrected chi connectivity index (χ1v) is 11.8. The van der Waals surface area contributed by atoms with E-state index in [1.54, 1.807) is 5.57 Å². The second kappa shape index (κ2) is 6.52. The lowest BCUT2D eigenvalue weighted by atomic mass is 9.94. The molecule has 0 N–H and O–H groups in total. The van der Waals surface area contributed by atoms with Crippen molar-refractivity contribution in [3.63, 3.8) is 0 Å².